The number of hydrogen-bond acceptors (Lipinski definition) is 4. The second-order valence-corrected chi connectivity index (χ2v) is 8.28. The molecule has 2 aromatic rings. The molecule has 0 amide bonds. The minimum atomic E-state index is -0.0133. The number of aromatic nitrogens is 1. The minimum absolute atomic E-state index is 0.0133. The zero-order valence-electron chi connectivity index (χ0n) is 15.8. The van der Waals surface area contributed by atoms with Crippen molar-refractivity contribution in [2.24, 2.45) is 11.8 Å². The first kappa shape index (κ1) is 16.9. The molecule has 1 aromatic heterocycles. The molecule has 1 aromatic carbocycles. The molecule has 2 saturated heterocycles. The summed E-state index contributed by atoms with van der Waals surface area (Å²) in [7, 11) is 0. The molecule has 0 radical (unpaired) electrons. The fourth-order valence-corrected chi connectivity index (χ4v) is 4.87. The quantitative estimate of drug-likeness (QED) is 0.905. The Morgan fingerprint density at radius 2 is 2.04 bits per heavy atom. The van der Waals surface area contributed by atoms with E-state index in [-0.39, 0.29) is 11.7 Å². The van der Waals surface area contributed by atoms with E-state index in [4.69, 9.17) is 4.74 Å². The van der Waals surface area contributed by atoms with E-state index in [0.29, 0.717) is 12.6 Å². The summed E-state index contributed by atoms with van der Waals surface area (Å²) in [5.41, 5.74) is 2.38. The van der Waals surface area contributed by atoms with Gasteiger partial charge >= 0.3 is 0 Å². The Labute approximate surface area is 159 Å². The molecule has 0 bridgehead atoms. The molecule has 1 aliphatic carbocycles. The fraction of sp³-hybridized carbons (Fsp3) is 0.500. The van der Waals surface area contributed by atoms with Crippen LogP contribution in [0.15, 0.2) is 47.3 Å². The lowest BCUT2D eigenvalue weighted by Crippen LogP contribution is -2.42. The number of nitrogens with one attached hydrogen (secondary N) is 1. The van der Waals surface area contributed by atoms with E-state index in [1.54, 1.807) is 6.07 Å². The van der Waals surface area contributed by atoms with Gasteiger partial charge in [-0.05, 0) is 37.2 Å². The number of piperidine rings is 1. The average Bonchev–Trinajstić information content (AvgIpc) is 3.36. The zero-order chi connectivity index (χ0) is 18.4. The maximum atomic E-state index is 12.4. The second kappa shape index (κ2) is 6.71. The number of anilines is 2. The molecule has 0 unspecified atom stereocenters. The SMILES string of the molecule is C[C@@H]1CN(c2cc(N3C[C@@H]4C[C@@H]4[C@H]3Cc3ccccc3)[nH]c(=O)c2)CCO1. The third kappa shape index (κ3) is 3.36. The molecular formula is C22H27N3O2. The number of hydrogen-bond donors (Lipinski definition) is 1. The lowest BCUT2D eigenvalue weighted by Gasteiger charge is -2.34. The van der Waals surface area contributed by atoms with Crippen molar-refractivity contribution in [1.29, 1.82) is 0 Å². The van der Waals surface area contributed by atoms with Gasteiger partial charge in [-0.25, -0.2) is 0 Å². The van der Waals surface area contributed by atoms with Crippen molar-refractivity contribution in [3.8, 4) is 0 Å². The summed E-state index contributed by atoms with van der Waals surface area (Å²) in [6.07, 6.45) is 2.58. The lowest BCUT2D eigenvalue weighted by atomic mass is 10.0. The number of fused-ring (bicyclic) bond motifs is 1. The van der Waals surface area contributed by atoms with Crippen LogP contribution in [0.4, 0.5) is 11.5 Å². The number of H-pyrrole nitrogens is 1. The molecule has 142 valence electrons. The standard InChI is InChI=1S/C22H27N3O2/c1-15-13-24(7-8-27-15)18-11-21(23-22(26)12-18)25-14-17-10-19(17)20(25)9-16-5-3-2-4-6-16/h2-6,11-12,15,17,19-20H,7-10,13-14H2,1H3,(H,23,26)/t15-,17+,19+,20-/m1/s1. The van der Waals surface area contributed by atoms with Crippen molar-refractivity contribution in [2.75, 3.05) is 36.0 Å². The van der Waals surface area contributed by atoms with E-state index >= 15 is 0 Å². The van der Waals surface area contributed by atoms with Gasteiger partial charge in [-0.15, -0.1) is 0 Å². The van der Waals surface area contributed by atoms with Crippen LogP contribution in [-0.2, 0) is 11.2 Å². The lowest BCUT2D eigenvalue weighted by molar-refractivity contribution is 0.0532. The predicted molar refractivity (Wildman–Crippen MR) is 108 cm³/mol. The number of morpholine rings is 1. The van der Waals surface area contributed by atoms with Gasteiger partial charge in [-0.3, -0.25) is 4.79 Å². The van der Waals surface area contributed by atoms with Gasteiger partial charge in [0.15, 0.2) is 0 Å². The summed E-state index contributed by atoms with van der Waals surface area (Å²) in [6.45, 7) is 5.53. The molecule has 0 spiro atoms. The molecule has 5 nitrogen and oxygen atoms in total. The van der Waals surface area contributed by atoms with Gasteiger partial charge in [-0.2, -0.15) is 0 Å². The fourth-order valence-electron chi connectivity index (χ4n) is 4.87. The average molecular weight is 365 g/mol. The van der Waals surface area contributed by atoms with Crippen LogP contribution in [0, 0.1) is 11.8 Å². The van der Waals surface area contributed by atoms with E-state index in [0.717, 1.165) is 49.4 Å². The van der Waals surface area contributed by atoms with E-state index < -0.39 is 0 Å². The van der Waals surface area contributed by atoms with Crippen molar-refractivity contribution >= 4 is 11.5 Å². The molecule has 3 fully saturated rings. The summed E-state index contributed by atoms with van der Waals surface area (Å²) in [5.74, 6) is 2.53. The predicted octanol–water partition coefficient (Wildman–Crippen LogP) is 2.67. The minimum Gasteiger partial charge on any atom is -0.375 e. The van der Waals surface area contributed by atoms with Crippen LogP contribution in [0.25, 0.3) is 0 Å². The first-order chi connectivity index (χ1) is 13.2. The summed E-state index contributed by atoms with van der Waals surface area (Å²) in [6, 6.07) is 15.1. The third-order valence-corrected chi connectivity index (χ3v) is 6.32. The highest BCUT2D eigenvalue weighted by atomic mass is 16.5. The van der Waals surface area contributed by atoms with Crippen molar-refractivity contribution in [1.82, 2.24) is 4.98 Å². The maximum Gasteiger partial charge on any atom is 0.251 e. The highest BCUT2D eigenvalue weighted by Gasteiger charge is 2.52. The Bertz CT molecular complexity index is 865. The van der Waals surface area contributed by atoms with Crippen LogP contribution in [0.2, 0.25) is 0 Å². The van der Waals surface area contributed by atoms with E-state index in [1.807, 2.05) is 0 Å². The van der Waals surface area contributed by atoms with Crippen LogP contribution in [0.1, 0.15) is 18.9 Å². The largest absolute Gasteiger partial charge is 0.375 e. The summed E-state index contributed by atoms with van der Waals surface area (Å²) < 4.78 is 5.66. The maximum absolute atomic E-state index is 12.4. The van der Waals surface area contributed by atoms with Gasteiger partial charge in [0.25, 0.3) is 5.56 Å². The molecule has 4 atom stereocenters. The van der Waals surface area contributed by atoms with Gasteiger partial charge in [0.1, 0.15) is 5.82 Å². The number of nitrogens with zero attached hydrogens (tertiary/aromatic N) is 2. The van der Waals surface area contributed by atoms with Crippen LogP contribution < -0.4 is 15.4 Å². The van der Waals surface area contributed by atoms with Crippen LogP contribution in [-0.4, -0.2) is 43.4 Å². The van der Waals surface area contributed by atoms with Crippen LogP contribution in [0.3, 0.4) is 0 Å². The second-order valence-electron chi connectivity index (χ2n) is 8.28. The molecule has 5 heteroatoms. The zero-order valence-corrected chi connectivity index (χ0v) is 15.8. The number of pyridine rings is 1. The summed E-state index contributed by atoms with van der Waals surface area (Å²) in [4.78, 5) is 20.2. The van der Waals surface area contributed by atoms with E-state index in [2.05, 4.69) is 58.1 Å². The molecule has 1 N–H and O–H groups in total. The van der Waals surface area contributed by atoms with Gasteiger partial charge < -0.3 is 19.5 Å². The number of benzene rings is 1. The Morgan fingerprint density at radius 3 is 2.85 bits per heavy atom. The summed E-state index contributed by atoms with van der Waals surface area (Å²) in [5, 5.41) is 0. The third-order valence-electron chi connectivity index (χ3n) is 6.32. The first-order valence-corrected chi connectivity index (χ1v) is 10.1. The molecule has 5 rings (SSSR count). The highest BCUT2D eigenvalue weighted by molar-refractivity contribution is 5.57. The molecule has 3 aliphatic rings. The Balaban J connectivity index is 1.42. The van der Waals surface area contributed by atoms with Crippen molar-refractivity contribution in [3.63, 3.8) is 0 Å². The van der Waals surface area contributed by atoms with E-state index in [9.17, 15) is 4.79 Å². The van der Waals surface area contributed by atoms with Gasteiger partial charge in [0.05, 0.1) is 12.7 Å². The number of rotatable bonds is 4. The molecule has 27 heavy (non-hydrogen) atoms. The van der Waals surface area contributed by atoms with Crippen molar-refractivity contribution in [2.45, 2.75) is 31.9 Å². The molecule has 2 aliphatic heterocycles. The Kier molecular flexibility index (Phi) is 4.20. The van der Waals surface area contributed by atoms with Gasteiger partial charge in [0, 0.05) is 43.5 Å². The van der Waals surface area contributed by atoms with Gasteiger partial charge in [-0.1, -0.05) is 30.3 Å². The monoisotopic (exact) mass is 365 g/mol. The molecule has 1 saturated carbocycles. The normalized spacial score (nSPS) is 29.7. The summed E-state index contributed by atoms with van der Waals surface area (Å²) >= 11 is 0. The molecule has 3 heterocycles. The first-order valence-electron chi connectivity index (χ1n) is 10.1. The number of ether oxygens (including phenoxy) is 1. The smallest absolute Gasteiger partial charge is 0.251 e. The number of aromatic amines is 1. The topological polar surface area (TPSA) is 48.6 Å². The molecular weight excluding hydrogens is 338 g/mol. The van der Waals surface area contributed by atoms with Crippen molar-refractivity contribution in [3.05, 3.63) is 58.4 Å². The van der Waals surface area contributed by atoms with Crippen LogP contribution >= 0.6 is 0 Å². The van der Waals surface area contributed by atoms with Crippen molar-refractivity contribution < 1.29 is 4.74 Å². The van der Waals surface area contributed by atoms with Crippen LogP contribution in [0.5, 0.6) is 0 Å². The van der Waals surface area contributed by atoms with E-state index in [1.165, 1.54) is 12.0 Å². The Morgan fingerprint density at radius 1 is 1.19 bits per heavy atom. The van der Waals surface area contributed by atoms with Gasteiger partial charge in [0.2, 0.25) is 0 Å². The Hall–Kier alpha value is -2.27. The highest BCUT2D eigenvalue weighted by Crippen LogP contribution is 2.51.